The molecule has 1 saturated heterocycles. The van der Waals surface area contributed by atoms with Crippen LogP contribution in [0, 0.1) is 0 Å². The number of imide groups is 1. The van der Waals surface area contributed by atoms with E-state index in [-0.39, 0.29) is 4.91 Å². The number of carboxylic acid groups (broad SMARTS) is 1. The van der Waals surface area contributed by atoms with Crippen LogP contribution in [0.15, 0.2) is 34.2 Å². The van der Waals surface area contributed by atoms with Crippen LogP contribution < -0.4 is 9.47 Å². The number of carbonyl (C=O) groups excluding carboxylic acids is 2. The summed E-state index contributed by atoms with van der Waals surface area (Å²) < 4.78 is 11.4. The van der Waals surface area contributed by atoms with Crippen molar-refractivity contribution in [3.05, 3.63) is 39.7 Å². The van der Waals surface area contributed by atoms with Crippen LogP contribution in [0.5, 0.6) is 11.5 Å². The van der Waals surface area contributed by atoms with Crippen molar-refractivity contribution in [3.8, 4) is 11.5 Å². The SMILES string of the molecule is C=CCOc1c(Br)cc(/C=C2/SC(=O)N(CC(=O)O)C2=O)cc1OC. The van der Waals surface area contributed by atoms with Gasteiger partial charge in [0.25, 0.3) is 11.1 Å². The van der Waals surface area contributed by atoms with Crippen molar-refractivity contribution >= 4 is 50.9 Å². The highest BCUT2D eigenvalue weighted by Crippen LogP contribution is 2.39. The Labute approximate surface area is 156 Å². The molecule has 0 spiro atoms. The molecule has 0 atom stereocenters. The van der Waals surface area contributed by atoms with E-state index in [0.29, 0.717) is 44.8 Å². The second kappa shape index (κ2) is 8.21. The molecule has 1 fully saturated rings. The van der Waals surface area contributed by atoms with Crippen molar-refractivity contribution in [2.24, 2.45) is 0 Å². The van der Waals surface area contributed by atoms with Crippen molar-refractivity contribution in [2.75, 3.05) is 20.3 Å². The lowest BCUT2D eigenvalue weighted by Crippen LogP contribution is -2.33. The number of carboxylic acids is 1. The van der Waals surface area contributed by atoms with Crippen LogP contribution in [-0.4, -0.2) is 47.4 Å². The van der Waals surface area contributed by atoms with Gasteiger partial charge in [-0.1, -0.05) is 12.7 Å². The number of aliphatic carboxylic acids is 1. The Bertz CT molecular complexity index is 776. The van der Waals surface area contributed by atoms with E-state index < -0.39 is 23.7 Å². The summed E-state index contributed by atoms with van der Waals surface area (Å²) in [5, 5.41) is 8.16. The Hall–Kier alpha value is -2.26. The van der Waals surface area contributed by atoms with E-state index >= 15 is 0 Å². The summed E-state index contributed by atoms with van der Waals surface area (Å²) in [6.07, 6.45) is 3.09. The molecule has 1 aliphatic heterocycles. The van der Waals surface area contributed by atoms with Crippen molar-refractivity contribution in [1.29, 1.82) is 0 Å². The maximum atomic E-state index is 12.2. The first kappa shape index (κ1) is 19.1. The lowest BCUT2D eigenvalue weighted by Gasteiger charge is -2.12. The van der Waals surface area contributed by atoms with Crippen LogP contribution in [0.1, 0.15) is 5.56 Å². The zero-order valence-corrected chi connectivity index (χ0v) is 15.6. The molecule has 1 aromatic carbocycles. The Balaban J connectivity index is 2.33. The fourth-order valence-corrected chi connectivity index (χ4v) is 3.44. The number of amides is 2. The molecule has 1 aliphatic rings. The maximum absolute atomic E-state index is 12.2. The van der Waals surface area contributed by atoms with Crippen molar-refractivity contribution < 1.29 is 29.0 Å². The van der Waals surface area contributed by atoms with Gasteiger partial charge in [0.2, 0.25) is 0 Å². The minimum Gasteiger partial charge on any atom is -0.493 e. The minimum atomic E-state index is -1.25. The summed E-state index contributed by atoms with van der Waals surface area (Å²) in [5.74, 6) is -0.970. The van der Waals surface area contributed by atoms with Crippen molar-refractivity contribution in [3.63, 3.8) is 0 Å². The fraction of sp³-hybridized carbons (Fsp3) is 0.188. The predicted octanol–water partition coefficient (Wildman–Crippen LogP) is 3.14. The molecule has 1 N–H and O–H groups in total. The average Bonchev–Trinajstić information content (AvgIpc) is 2.80. The smallest absolute Gasteiger partial charge is 0.323 e. The molecule has 2 amide bonds. The fourth-order valence-electron chi connectivity index (χ4n) is 2.03. The molecule has 0 unspecified atom stereocenters. The van der Waals surface area contributed by atoms with Gasteiger partial charge in [0.05, 0.1) is 16.5 Å². The average molecular weight is 428 g/mol. The van der Waals surface area contributed by atoms with Gasteiger partial charge in [0.1, 0.15) is 13.2 Å². The van der Waals surface area contributed by atoms with E-state index in [4.69, 9.17) is 14.6 Å². The van der Waals surface area contributed by atoms with Crippen LogP contribution in [0.25, 0.3) is 6.08 Å². The van der Waals surface area contributed by atoms with Gasteiger partial charge in [-0.2, -0.15) is 0 Å². The number of hydrogen-bond donors (Lipinski definition) is 1. The van der Waals surface area contributed by atoms with Gasteiger partial charge in [0.15, 0.2) is 11.5 Å². The van der Waals surface area contributed by atoms with Crippen LogP contribution in [-0.2, 0) is 9.59 Å². The Morgan fingerprint density at radius 2 is 2.16 bits per heavy atom. The second-order valence-electron chi connectivity index (χ2n) is 4.80. The number of ether oxygens (including phenoxy) is 2. The third kappa shape index (κ3) is 4.43. The number of hydrogen-bond acceptors (Lipinski definition) is 6. The predicted molar refractivity (Wildman–Crippen MR) is 96.7 cm³/mol. The molecule has 1 aromatic rings. The van der Waals surface area contributed by atoms with Gasteiger partial charge < -0.3 is 14.6 Å². The molecule has 25 heavy (non-hydrogen) atoms. The molecule has 0 bridgehead atoms. The third-order valence-electron chi connectivity index (χ3n) is 3.06. The summed E-state index contributed by atoms with van der Waals surface area (Å²) in [6.45, 7) is 3.21. The summed E-state index contributed by atoms with van der Waals surface area (Å²) in [5.41, 5.74) is 0.593. The maximum Gasteiger partial charge on any atom is 0.323 e. The highest BCUT2D eigenvalue weighted by Gasteiger charge is 2.36. The lowest BCUT2D eigenvalue weighted by molar-refractivity contribution is -0.140. The van der Waals surface area contributed by atoms with Gasteiger partial charge in [-0.25, -0.2) is 0 Å². The first-order chi connectivity index (χ1) is 11.9. The molecule has 9 heteroatoms. The molecule has 0 saturated carbocycles. The first-order valence-corrected chi connectivity index (χ1v) is 8.56. The van der Waals surface area contributed by atoms with E-state index in [0.717, 1.165) is 0 Å². The van der Waals surface area contributed by atoms with E-state index in [2.05, 4.69) is 22.5 Å². The zero-order chi connectivity index (χ0) is 18.6. The summed E-state index contributed by atoms with van der Waals surface area (Å²) in [7, 11) is 1.48. The molecule has 1 heterocycles. The van der Waals surface area contributed by atoms with E-state index in [1.165, 1.54) is 13.2 Å². The zero-order valence-electron chi connectivity index (χ0n) is 13.2. The van der Waals surface area contributed by atoms with Crippen LogP contribution in [0.2, 0.25) is 0 Å². The van der Waals surface area contributed by atoms with E-state index in [1.54, 1.807) is 18.2 Å². The lowest BCUT2D eigenvalue weighted by atomic mass is 10.2. The molecular weight excluding hydrogens is 414 g/mol. The number of nitrogens with zero attached hydrogens (tertiary/aromatic N) is 1. The van der Waals surface area contributed by atoms with Gasteiger partial charge in [-0.3, -0.25) is 19.3 Å². The number of rotatable bonds is 7. The van der Waals surface area contributed by atoms with E-state index in [1.807, 2.05) is 0 Å². The number of halogens is 1. The van der Waals surface area contributed by atoms with Crippen LogP contribution >= 0.6 is 27.7 Å². The van der Waals surface area contributed by atoms with Gasteiger partial charge in [0, 0.05) is 0 Å². The Morgan fingerprint density at radius 1 is 1.44 bits per heavy atom. The number of benzene rings is 1. The van der Waals surface area contributed by atoms with Crippen molar-refractivity contribution in [2.45, 2.75) is 0 Å². The Kier molecular flexibility index (Phi) is 6.27. The number of carbonyl (C=O) groups is 3. The Morgan fingerprint density at radius 3 is 2.76 bits per heavy atom. The number of methoxy groups -OCH3 is 1. The summed E-state index contributed by atoms with van der Waals surface area (Å²) >= 11 is 4.07. The molecule has 2 rings (SSSR count). The highest BCUT2D eigenvalue weighted by molar-refractivity contribution is 9.10. The normalized spacial score (nSPS) is 15.6. The second-order valence-corrected chi connectivity index (χ2v) is 6.64. The third-order valence-corrected chi connectivity index (χ3v) is 4.56. The van der Waals surface area contributed by atoms with Gasteiger partial charge >= 0.3 is 5.97 Å². The molecule has 0 aliphatic carbocycles. The standard InChI is InChI=1S/C16H14BrNO6S/c1-3-4-24-14-10(17)5-9(6-11(14)23-2)7-12-15(21)18(8-13(19)20)16(22)25-12/h3,5-7H,1,4,8H2,2H3,(H,19,20)/b12-7+. The minimum absolute atomic E-state index is 0.139. The molecule has 7 nitrogen and oxygen atoms in total. The van der Waals surface area contributed by atoms with Gasteiger partial charge in [-0.15, -0.1) is 0 Å². The topological polar surface area (TPSA) is 93.1 Å². The number of thioether (sulfide) groups is 1. The quantitative estimate of drug-likeness (QED) is 0.527. The van der Waals surface area contributed by atoms with E-state index in [9.17, 15) is 14.4 Å². The van der Waals surface area contributed by atoms with Crippen LogP contribution in [0.4, 0.5) is 4.79 Å². The highest BCUT2D eigenvalue weighted by atomic mass is 79.9. The molecule has 0 radical (unpaired) electrons. The summed E-state index contributed by atoms with van der Waals surface area (Å²) in [6, 6.07) is 3.35. The molecule has 132 valence electrons. The monoisotopic (exact) mass is 427 g/mol. The largest absolute Gasteiger partial charge is 0.493 e. The molecule has 0 aromatic heterocycles. The first-order valence-electron chi connectivity index (χ1n) is 6.95. The van der Waals surface area contributed by atoms with Crippen LogP contribution in [0.3, 0.4) is 0 Å². The van der Waals surface area contributed by atoms with Gasteiger partial charge in [-0.05, 0) is 51.5 Å². The molecular formula is C16H14BrNO6S. The van der Waals surface area contributed by atoms with Crippen molar-refractivity contribution in [1.82, 2.24) is 4.90 Å². The summed E-state index contributed by atoms with van der Waals surface area (Å²) in [4.78, 5) is 35.5.